The SMILES string of the molecule is CC(C)(C)C(=O)NCc1c(Cl)ccc2c1CCNCC2. The highest BCUT2D eigenvalue weighted by molar-refractivity contribution is 6.31. The zero-order chi connectivity index (χ0) is 14.8. The maximum absolute atomic E-state index is 12.0. The fraction of sp³-hybridized carbons (Fsp3) is 0.562. The number of rotatable bonds is 2. The van der Waals surface area contributed by atoms with Gasteiger partial charge in [-0.3, -0.25) is 4.79 Å². The number of halogens is 1. The molecule has 20 heavy (non-hydrogen) atoms. The zero-order valence-electron chi connectivity index (χ0n) is 12.5. The van der Waals surface area contributed by atoms with Crippen LogP contribution in [0.25, 0.3) is 0 Å². The van der Waals surface area contributed by atoms with Crippen LogP contribution in [0.4, 0.5) is 0 Å². The van der Waals surface area contributed by atoms with Crippen molar-refractivity contribution in [2.45, 2.75) is 40.2 Å². The fourth-order valence-electron chi connectivity index (χ4n) is 2.44. The lowest BCUT2D eigenvalue weighted by Crippen LogP contribution is -2.34. The van der Waals surface area contributed by atoms with Gasteiger partial charge in [-0.25, -0.2) is 0 Å². The van der Waals surface area contributed by atoms with Gasteiger partial charge >= 0.3 is 0 Å². The van der Waals surface area contributed by atoms with Gasteiger partial charge in [-0.2, -0.15) is 0 Å². The van der Waals surface area contributed by atoms with E-state index in [2.05, 4.69) is 16.7 Å². The molecule has 1 aliphatic heterocycles. The summed E-state index contributed by atoms with van der Waals surface area (Å²) in [5.74, 6) is 0.0536. The van der Waals surface area contributed by atoms with Crippen LogP contribution in [-0.4, -0.2) is 19.0 Å². The molecule has 0 aromatic heterocycles. The number of hydrogen-bond acceptors (Lipinski definition) is 2. The standard InChI is InChI=1S/C16H23ClN2O/c1-16(2,3)15(20)19-10-13-12-7-9-18-8-6-11(12)4-5-14(13)17/h4-5,18H,6-10H2,1-3H3,(H,19,20). The van der Waals surface area contributed by atoms with Crippen LogP contribution in [0.5, 0.6) is 0 Å². The van der Waals surface area contributed by atoms with E-state index in [0.29, 0.717) is 6.54 Å². The van der Waals surface area contributed by atoms with E-state index in [-0.39, 0.29) is 11.3 Å². The predicted molar refractivity (Wildman–Crippen MR) is 83.0 cm³/mol. The van der Waals surface area contributed by atoms with E-state index in [1.165, 1.54) is 11.1 Å². The van der Waals surface area contributed by atoms with Gasteiger partial charge in [-0.05, 0) is 48.7 Å². The first-order valence-corrected chi connectivity index (χ1v) is 7.55. The second-order valence-electron chi connectivity index (χ2n) is 6.35. The molecule has 1 aliphatic rings. The summed E-state index contributed by atoms with van der Waals surface area (Å²) in [5.41, 5.74) is 3.35. The number of carbonyl (C=O) groups is 1. The van der Waals surface area contributed by atoms with Crippen molar-refractivity contribution in [2.75, 3.05) is 13.1 Å². The molecule has 1 aromatic carbocycles. The smallest absolute Gasteiger partial charge is 0.225 e. The fourth-order valence-corrected chi connectivity index (χ4v) is 2.69. The second kappa shape index (κ2) is 6.15. The molecule has 0 unspecified atom stereocenters. The molecule has 0 spiro atoms. The van der Waals surface area contributed by atoms with Crippen molar-refractivity contribution in [3.63, 3.8) is 0 Å². The maximum Gasteiger partial charge on any atom is 0.225 e. The Morgan fingerprint density at radius 3 is 2.70 bits per heavy atom. The molecular weight excluding hydrogens is 272 g/mol. The van der Waals surface area contributed by atoms with Crippen LogP contribution in [0.3, 0.4) is 0 Å². The van der Waals surface area contributed by atoms with Crippen molar-refractivity contribution >= 4 is 17.5 Å². The van der Waals surface area contributed by atoms with Gasteiger partial charge in [-0.15, -0.1) is 0 Å². The highest BCUT2D eigenvalue weighted by Gasteiger charge is 2.22. The molecule has 2 rings (SSSR count). The Labute approximate surface area is 126 Å². The molecule has 0 radical (unpaired) electrons. The van der Waals surface area contributed by atoms with Gasteiger partial charge in [0.25, 0.3) is 0 Å². The van der Waals surface area contributed by atoms with Crippen LogP contribution >= 0.6 is 11.6 Å². The first kappa shape index (κ1) is 15.3. The summed E-state index contributed by atoms with van der Waals surface area (Å²) in [6.07, 6.45) is 1.99. The van der Waals surface area contributed by atoms with Crippen LogP contribution in [-0.2, 0) is 24.2 Å². The summed E-state index contributed by atoms with van der Waals surface area (Å²) in [5, 5.41) is 7.16. The van der Waals surface area contributed by atoms with Crippen LogP contribution in [0.1, 0.15) is 37.5 Å². The van der Waals surface area contributed by atoms with Gasteiger partial charge in [-0.1, -0.05) is 38.4 Å². The molecule has 0 bridgehead atoms. The van der Waals surface area contributed by atoms with E-state index in [9.17, 15) is 4.79 Å². The molecule has 1 heterocycles. The highest BCUT2D eigenvalue weighted by atomic mass is 35.5. The molecule has 4 heteroatoms. The second-order valence-corrected chi connectivity index (χ2v) is 6.75. The Bertz CT molecular complexity index is 506. The molecule has 2 N–H and O–H groups in total. The van der Waals surface area contributed by atoms with Gasteiger partial charge in [0.15, 0.2) is 0 Å². The summed E-state index contributed by atoms with van der Waals surface area (Å²) >= 11 is 6.34. The summed E-state index contributed by atoms with van der Waals surface area (Å²) in [4.78, 5) is 12.0. The maximum atomic E-state index is 12.0. The van der Waals surface area contributed by atoms with Gasteiger partial charge in [0, 0.05) is 17.0 Å². The minimum atomic E-state index is -0.375. The van der Waals surface area contributed by atoms with E-state index in [0.717, 1.165) is 36.5 Å². The van der Waals surface area contributed by atoms with Crippen LogP contribution in [0, 0.1) is 5.41 Å². The van der Waals surface area contributed by atoms with E-state index in [1.54, 1.807) is 0 Å². The largest absolute Gasteiger partial charge is 0.352 e. The van der Waals surface area contributed by atoms with Gasteiger partial charge < -0.3 is 10.6 Å². The molecule has 3 nitrogen and oxygen atoms in total. The normalized spacial score (nSPS) is 15.4. The lowest BCUT2D eigenvalue weighted by atomic mass is 9.94. The summed E-state index contributed by atoms with van der Waals surface area (Å²) in [6.45, 7) is 8.23. The molecule has 0 atom stereocenters. The molecule has 0 aliphatic carbocycles. The van der Waals surface area contributed by atoms with Crippen molar-refractivity contribution < 1.29 is 4.79 Å². The third kappa shape index (κ3) is 3.53. The summed E-state index contributed by atoms with van der Waals surface area (Å²) in [7, 11) is 0. The third-order valence-electron chi connectivity index (χ3n) is 3.70. The average Bonchev–Trinajstić information content (AvgIpc) is 2.61. The van der Waals surface area contributed by atoms with Crippen molar-refractivity contribution in [2.24, 2.45) is 5.41 Å². The van der Waals surface area contributed by atoms with Crippen molar-refractivity contribution in [1.82, 2.24) is 10.6 Å². The molecule has 0 fully saturated rings. The zero-order valence-corrected chi connectivity index (χ0v) is 13.2. The minimum absolute atomic E-state index is 0.0536. The molecule has 0 saturated heterocycles. The predicted octanol–water partition coefficient (Wildman–Crippen LogP) is 2.69. The van der Waals surface area contributed by atoms with E-state index in [1.807, 2.05) is 26.8 Å². The monoisotopic (exact) mass is 294 g/mol. The van der Waals surface area contributed by atoms with E-state index >= 15 is 0 Å². The molecule has 1 aromatic rings. The topological polar surface area (TPSA) is 41.1 Å². The van der Waals surface area contributed by atoms with E-state index < -0.39 is 0 Å². The first-order valence-electron chi connectivity index (χ1n) is 7.18. The number of carbonyl (C=O) groups excluding carboxylic acids is 1. The Balaban J connectivity index is 2.21. The Morgan fingerprint density at radius 2 is 2.00 bits per heavy atom. The molecular formula is C16H23ClN2O. The van der Waals surface area contributed by atoms with Gasteiger partial charge in [0.1, 0.15) is 0 Å². The summed E-state index contributed by atoms with van der Waals surface area (Å²) < 4.78 is 0. The first-order chi connectivity index (χ1) is 9.39. The third-order valence-corrected chi connectivity index (χ3v) is 4.05. The van der Waals surface area contributed by atoms with E-state index in [4.69, 9.17) is 11.6 Å². The Kier molecular flexibility index (Phi) is 4.71. The molecule has 1 amide bonds. The number of amides is 1. The molecule has 0 saturated carbocycles. The van der Waals surface area contributed by atoms with Gasteiger partial charge in [0.05, 0.1) is 0 Å². The van der Waals surface area contributed by atoms with Crippen LogP contribution in [0.2, 0.25) is 5.02 Å². The number of benzene rings is 1. The molecule has 110 valence electrons. The lowest BCUT2D eigenvalue weighted by Gasteiger charge is -2.20. The quantitative estimate of drug-likeness (QED) is 0.880. The average molecular weight is 295 g/mol. The van der Waals surface area contributed by atoms with Crippen LogP contribution in [0.15, 0.2) is 12.1 Å². The highest BCUT2D eigenvalue weighted by Crippen LogP contribution is 2.26. The number of fused-ring (bicyclic) bond motifs is 1. The number of hydrogen-bond donors (Lipinski definition) is 2. The van der Waals surface area contributed by atoms with Crippen molar-refractivity contribution in [1.29, 1.82) is 0 Å². The van der Waals surface area contributed by atoms with Crippen LogP contribution < -0.4 is 10.6 Å². The van der Waals surface area contributed by atoms with Crippen molar-refractivity contribution in [3.8, 4) is 0 Å². The van der Waals surface area contributed by atoms with Crippen molar-refractivity contribution in [3.05, 3.63) is 33.8 Å². The van der Waals surface area contributed by atoms with Gasteiger partial charge in [0.2, 0.25) is 5.91 Å². The Morgan fingerprint density at radius 1 is 1.30 bits per heavy atom. The lowest BCUT2D eigenvalue weighted by molar-refractivity contribution is -0.128. The minimum Gasteiger partial charge on any atom is -0.352 e. The Hall–Kier alpha value is -1.06. The number of nitrogens with one attached hydrogen (secondary N) is 2. The summed E-state index contributed by atoms with van der Waals surface area (Å²) in [6, 6.07) is 4.06.